The van der Waals surface area contributed by atoms with Crippen molar-refractivity contribution in [3.63, 3.8) is 0 Å². The maximum absolute atomic E-state index is 12.6. The zero-order valence-corrected chi connectivity index (χ0v) is 23.4. The molecule has 2 atom stereocenters. The summed E-state index contributed by atoms with van der Waals surface area (Å²) in [6, 6.07) is 14.6. The van der Waals surface area contributed by atoms with E-state index in [-0.39, 0.29) is 23.5 Å². The number of benzene rings is 2. The van der Waals surface area contributed by atoms with Crippen LogP contribution in [0.2, 0.25) is 0 Å². The fraction of sp³-hybridized carbons (Fsp3) is 0.452. The van der Waals surface area contributed by atoms with Crippen LogP contribution in [0.4, 0.5) is 10.5 Å². The number of hydrogen-bond acceptors (Lipinski definition) is 7. The zero-order chi connectivity index (χ0) is 30.9. The van der Waals surface area contributed by atoms with Gasteiger partial charge in [-0.3, -0.25) is 4.79 Å². The number of pyridine rings is 1. The first-order valence-corrected chi connectivity index (χ1v) is 13.6. The van der Waals surface area contributed by atoms with Gasteiger partial charge in [-0.1, -0.05) is 0 Å². The molecule has 2 aliphatic rings. The van der Waals surface area contributed by atoms with Crippen LogP contribution in [0.15, 0.2) is 48.5 Å². The summed E-state index contributed by atoms with van der Waals surface area (Å²) in [6.45, 7) is 8.19. The lowest BCUT2D eigenvalue weighted by Crippen LogP contribution is -2.41. The van der Waals surface area contributed by atoms with Crippen molar-refractivity contribution < 1.29 is 27.9 Å². The summed E-state index contributed by atoms with van der Waals surface area (Å²) in [6.07, 6.45) is 0.531. The van der Waals surface area contributed by atoms with Crippen LogP contribution in [0.25, 0.3) is 22.2 Å². The summed E-state index contributed by atoms with van der Waals surface area (Å²) in [5.74, 6) is 1.16. The molecule has 1 N–H and O–H groups in total. The van der Waals surface area contributed by atoms with Crippen LogP contribution in [-0.4, -0.2) is 74.4 Å². The minimum absolute atomic E-state index is 0.0654. The summed E-state index contributed by atoms with van der Waals surface area (Å²) in [7, 11) is -0.913. The van der Waals surface area contributed by atoms with Crippen molar-refractivity contribution in [1.29, 1.82) is 0 Å². The molecule has 3 heterocycles. The van der Waals surface area contributed by atoms with Gasteiger partial charge in [-0.25, -0.2) is 9.78 Å². The Balaban J connectivity index is 1.37. The molecule has 9 heteroatoms. The van der Waals surface area contributed by atoms with E-state index in [4.69, 9.17) is 23.3 Å². The largest absolute Gasteiger partial charge is 0.497 e. The molecule has 0 unspecified atom stereocenters. The minimum atomic E-state index is -2.58. The number of nitrogens with one attached hydrogen (secondary N) is 1. The number of carbonyl (C=O) groups excluding carboxylic acids is 2. The maximum atomic E-state index is 12.6. The van der Waals surface area contributed by atoms with Crippen LogP contribution in [0.5, 0.6) is 11.5 Å². The van der Waals surface area contributed by atoms with Crippen LogP contribution in [-0.2, 0) is 9.53 Å². The van der Waals surface area contributed by atoms with Gasteiger partial charge in [-0.2, -0.15) is 0 Å². The van der Waals surface area contributed by atoms with Gasteiger partial charge in [0.2, 0.25) is 5.91 Å². The summed E-state index contributed by atoms with van der Waals surface area (Å²) < 4.78 is 38.9. The number of amides is 2. The fourth-order valence-electron chi connectivity index (χ4n) is 5.29. The van der Waals surface area contributed by atoms with Gasteiger partial charge in [0.1, 0.15) is 23.7 Å². The first-order chi connectivity index (χ1) is 20.3. The lowest BCUT2D eigenvalue weighted by Gasteiger charge is -2.24. The first kappa shape index (κ1) is 23.8. The molecule has 2 amide bonds. The molecule has 2 saturated heterocycles. The molecule has 0 saturated carbocycles. The SMILES string of the molecule is [2H]C([2H])([2H])Oc1ccc2c(N3C[C@@H]4CCNC(=O)[C@@H]4C3)cc(-c3ccc(OCCN(C)C(=O)OC(C)(C)C)cc3)nc2c1. The van der Waals surface area contributed by atoms with Gasteiger partial charge < -0.3 is 29.3 Å². The van der Waals surface area contributed by atoms with E-state index < -0.39 is 18.7 Å². The molecule has 3 aromatic rings. The van der Waals surface area contributed by atoms with Crippen LogP contribution >= 0.6 is 0 Å². The highest BCUT2D eigenvalue weighted by Gasteiger charge is 2.40. The second-order valence-electron chi connectivity index (χ2n) is 11.4. The van der Waals surface area contributed by atoms with Gasteiger partial charge in [0.25, 0.3) is 0 Å². The number of nitrogens with zero attached hydrogens (tertiary/aromatic N) is 3. The van der Waals surface area contributed by atoms with Crippen molar-refractivity contribution in [2.24, 2.45) is 11.8 Å². The fourth-order valence-corrected chi connectivity index (χ4v) is 5.29. The third-order valence-corrected chi connectivity index (χ3v) is 7.36. The average Bonchev–Trinajstić information content (AvgIpc) is 3.36. The standard InChI is InChI=1S/C31H38N4O5/c1-31(2,3)40-30(37)34(4)14-15-39-22-8-6-20(7-9-22)26-17-28(24-11-10-23(38-5)16-27(24)33-26)35-18-21-12-13-32-29(36)25(21)19-35/h6-11,16-17,21,25H,12-15,18-19H2,1-5H3,(H,32,36)/t21-,25+/m0/s1/i5D3. The molecule has 40 heavy (non-hydrogen) atoms. The van der Waals surface area contributed by atoms with Gasteiger partial charge in [0.15, 0.2) is 0 Å². The lowest BCUT2D eigenvalue weighted by molar-refractivity contribution is -0.127. The Morgan fingerprint density at radius 1 is 1.15 bits per heavy atom. The Kier molecular flexibility index (Phi) is 6.70. The number of piperidine rings is 1. The van der Waals surface area contributed by atoms with E-state index in [2.05, 4.69) is 10.2 Å². The Labute approximate surface area is 239 Å². The van der Waals surface area contributed by atoms with E-state index in [9.17, 15) is 9.59 Å². The number of aromatic nitrogens is 1. The molecule has 9 nitrogen and oxygen atoms in total. The van der Waals surface area contributed by atoms with Gasteiger partial charge in [0, 0.05) is 49.4 Å². The predicted octanol–water partition coefficient (Wildman–Crippen LogP) is 4.73. The second-order valence-corrected chi connectivity index (χ2v) is 11.4. The molecular weight excluding hydrogens is 508 g/mol. The Morgan fingerprint density at radius 3 is 2.65 bits per heavy atom. The first-order valence-electron chi connectivity index (χ1n) is 15.1. The molecule has 0 aliphatic carbocycles. The maximum Gasteiger partial charge on any atom is 0.410 e. The van der Waals surface area contributed by atoms with E-state index in [0.717, 1.165) is 29.6 Å². The Bertz CT molecular complexity index is 1490. The highest BCUT2D eigenvalue weighted by molar-refractivity contribution is 5.95. The number of anilines is 1. The quantitative estimate of drug-likeness (QED) is 0.456. The van der Waals surface area contributed by atoms with Crippen LogP contribution < -0.4 is 19.7 Å². The molecular formula is C31H38N4O5. The normalized spacial score (nSPS) is 20.1. The number of methoxy groups -OCH3 is 1. The minimum Gasteiger partial charge on any atom is -0.497 e. The third kappa shape index (κ3) is 6.08. The van der Waals surface area contributed by atoms with Crippen LogP contribution in [0, 0.1) is 11.8 Å². The third-order valence-electron chi connectivity index (χ3n) is 7.36. The molecule has 5 rings (SSSR count). The summed E-state index contributed by atoms with van der Waals surface area (Å²) in [4.78, 5) is 33.3. The Morgan fingerprint density at radius 2 is 1.93 bits per heavy atom. The molecule has 0 bridgehead atoms. The number of fused-ring (bicyclic) bond motifs is 2. The molecule has 1 aromatic heterocycles. The molecule has 0 radical (unpaired) electrons. The van der Waals surface area contributed by atoms with E-state index >= 15 is 0 Å². The highest BCUT2D eigenvalue weighted by Crippen LogP contribution is 2.38. The van der Waals surface area contributed by atoms with E-state index in [0.29, 0.717) is 43.2 Å². The highest BCUT2D eigenvalue weighted by atomic mass is 16.6. The van der Waals surface area contributed by atoms with Crippen LogP contribution in [0.3, 0.4) is 0 Å². The van der Waals surface area contributed by atoms with Gasteiger partial charge in [-0.05, 0) is 75.6 Å². The lowest BCUT2D eigenvalue weighted by atomic mass is 9.89. The molecule has 212 valence electrons. The summed E-state index contributed by atoms with van der Waals surface area (Å²) >= 11 is 0. The second kappa shape index (κ2) is 11.2. The molecule has 0 spiro atoms. The Hall–Kier alpha value is -4.01. The van der Waals surface area contributed by atoms with E-state index in [1.165, 1.54) is 4.90 Å². The van der Waals surface area contributed by atoms with Crippen molar-refractivity contribution in [3.05, 3.63) is 48.5 Å². The van der Waals surface area contributed by atoms with Crippen molar-refractivity contribution in [1.82, 2.24) is 15.2 Å². The van der Waals surface area contributed by atoms with Crippen LogP contribution in [0.1, 0.15) is 31.3 Å². The number of hydrogen-bond donors (Lipinski definition) is 1. The smallest absolute Gasteiger partial charge is 0.410 e. The monoisotopic (exact) mass is 549 g/mol. The van der Waals surface area contributed by atoms with Crippen molar-refractivity contribution >= 4 is 28.6 Å². The number of rotatable bonds is 7. The van der Waals surface area contributed by atoms with E-state index in [1.54, 1.807) is 19.2 Å². The molecule has 2 aliphatic heterocycles. The van der Waals surface area contributed by atoms with Crippen molar-refractivity contribution in [3.8, 4) is 22.8 Å². The topological polar surface area (TPSA) is 93.2 Å². The molecule has 2 fully saturated rings. The summed E-state index contributed by atoms with van der Waals surface area (Å²) in [5, 5.41) is 3.84. The van der Waals surface area contributed by atoms with Crippen molar-refractivity contribution in [2.75, 3.05) is 51.8 Å². The van der Waals surface area contributed by atoms with Gasteiger partial charge in [-0.15, -0.1) is 0 Å². The van der Waals surface area contributed by atoms with Gasteiger partial charge >= 0.3 is 6.09 Å². The van der Waals surface area contributed by atoms with E-state index in [1.807, 2.05) is 57.2 Å². The van der Waals surface area contributed by atoms with Crippen molar-refractivity contribution in [2.45, 2.75) is 32.8 Å². The summed E-state index contributed by atoms with van der Waals surface area (Å²) in [5.41, 5.74) is 2.51. The number of carbonyl (C=O) groups is 2. The average molecular weight is 550 g/mol. The van der Waals surface area contributed by atoms with Gasteiger partial charge in [0.05, 0.1) is 34.8 Å². The number of likely N-dealkylation sites (N-methyl/N-ethyl adjacent to an activating group) is 1. The number of ether oxygens (including phenoxy) is 3. The molecule has 2 aromatic carbocycles. The zero-order valence-electron chi connectivity index (χ0n) is 26.4. The predicted molar refractivity (Wildman–Crippen MR) is 155 cm³/mol.